The third-order valence-corrected chi connectivity index (χ3v) is 4.69. The maximum absolute atomic E-state index is 11.2. The van der Waals surface area contributed by atoms with Crippen molar-refractivity contribution >= 4 is 35.1 Å². The van der Waals surface area contributed by atoms with E-state index in [2.05, 4.69) is 30.6 Å². The minimum absolute atomic E-state index is 0. The molecule has 126 valence electrons. The van der Waals surface area contributed by atoms with Crippen molar-refractivity contribution in [3.63, 3.8) is 0 Å². The van der Waals surface area contributed by atoms with Crippen LogP contribution in [0.2, 0.25) is 0 Å². The van der Waals surface area contributed by atoms with E-state index in [1.54, 1.807) is 7.05 Å². The molecule has 0 aliphatic heterocycles. The standard InChI is InChI=1S/C17H23N3O2.ClH/c1-18(2)10-11-7-13-14-9-12(19(3)17(21)22)5-6-15(14)20(4)16(13)8-11;/h5-6,9,11H,7-8,10H2,1-4H3,(H,21,22);1H. The zero-order chi connectivity index (χ0) is 16.0. The van der Waals surface area contributed by atoms with E-state index in [4.69, 9.17) is 5.11 Å². The number of hydrogen-bond donors (Lipinski definition) is 1. The van der Waals surface area contributed by atoms with Gasteiger partial charge in [0.25, 0.3) is 0 Å². The van der Waals surface area contributed by atoms with Gasteiger partial charge in [-0.3, -0.25) is 4.90 Å². The van der Waals surface area contributed by atoms with E-state index in [1.807, 2.05) is 18.2 Å². The molecule has 1 heterocycles. The van der Waals surface area contributed by atoms with Crippen LogP contribution >= 0.6 is 12.4 Å². The average Bonchev–Trinajstić information content (AvgIpc) is 2.97. The van der Waals surface area contributed by atoms with Gasteiger partial charge in [0, 0.05) is 42.9 Å². The molecule has 1 atom stereocenters. The number of hydrogen-bond acceptors (Lipinski definition) is 2. The van der Waals surface area contributed by atoms with Gasteiger partial charge < -0.3 is 14.6 Å². The number of amides is 1. The van der Waals surface area contributed by atoms with E-state index in [0.717, 1.165) is 25.1 Å². The highest BCUT2D eigenvalue weighted by Crippen LogP contribution is 2.36. The first kappa shape index (κ1) is 17.6. The number of nitrogens with zero attached hydrogens (tertiary/aromatic N) is 3. The van der Waals surface area contributed by atoms with Crippen LogP contribution in [0.25, 0.3) is 10.9 Å². The van der Waals surface area contributed by atoms with E-state index in [-0.39, 0.29) is 12.4 Å². The molecular weight excluding hydrogens is 314 g/mol. The Hall–Kier alpha value is -1.72. The second-order valence-electron chi connectivity index (χ2n) is 6.56. The number of rotatable bonds is 3. The predicted octanol–water partition coefficient (Wildman–Crippen LogP) is 2.99. The quantitative estimate of drug-likeness (QED) is 0.936. The lowest BCUT2D eigenvalue weighted by Gasteiger charge is -2.17. The van der Waals surface area contributed by atoms with Crippen molar-refractivity contribution in [3.8, 4) is 0 Å². The molecule has 0 saturated carbocycles. The Morgan fingerprint density at radius 3 is 2.61 bits per heavy atom. The Bertz CT molecular complexity index is 739. The summed E-state index contributed by atoms with van der Waals surface area (Å²) in [5, 5.41) is 10.4. The molecule has 0 bridgehead atoms. The first-order valence-electron chi connectivity index (χ1n) is 7.60. The normalized spacial score (nSPS) is 16.5. The number of benzene rings is 1. The van der Waals surface area contributed by atoms with Gasteiger partial charge >= 0.3 is 6.09 Å². The van der Waals surface area contributed by atoms with Crippen molar-refractivity contribution < 1.29 is 9.90 Å². The number of fused-ring (bicyclic) bond motifs is 3. The second-order valence-corrected chi connectivity index (χ2v) is 6.56. The summed E-state index contributed by atoms with van der Waals surface area (Å²) in [6.07, 6.45) is 1.24. The van der Waals surface area contributed by atoms with Gasteiger partial charge in [0.15, 0.2) is 0 Å². The first-order valence-corrected chi connectivity index (χ1v) is 7.60. The molecule has 6 heteroatoms. The smallest absolute Gasteiger partial charge is 0.411 e. The number of halogens is 1. The molecule has 0 spiro atoms. The van der Waals surface area contributed by atoms with Gasteiger partial charge in [0.2, 0.25) is 0 Å². The van der Waals surface area contributed by atoms with E-state index in [0.29, 0.717) is 5.92 Å². The van der Waals surface area contributed by atoms with Crippen LogP contribution in [0.1, 0.15) is 11.3 Å². The second kappa shape index (κ2) is 6.42. The van der Waals surface area contributed by atoms with Gasteiger partial charge in [-0.25, -0.2) is 4.79 Å². The molecule has 5 nitrogen and oxygen atoms in total. The van der Waals surface area contributed by atoms with E-state index in [1.165, 1.54) is 27.1 Å². The average molecular weight is 338 g/mol. The topological polar surface area (TPSA) is 48.7 Å². The number of aromatic nitrogens is 1. The van der Waals surface area contributed by atoms with Gasteiger partial charge in [-0.2, -0.15) is 0 Å². The van der Waals surface area contributed by atoms with Crippen molar-refractivity contribution in [1.29, 1.82) is 0 Å². The molecule has 1 amide bonds. The highest BCUT2D eigenvalue weighted by molar-refractivity contribution is 5.93. The van der Waals surface area contributed by atoms with Crippen LogP contribution in [0.5, 0.6) is 0 Å². The highest BCUT2D eigenvalue weighted by atomic mass is 35.5. The van der Waals surface area contributed by atoms with Gasteiger partial charge in [0.1, 0.15) is 0 Å². The van der Waals surface area contributed by atoms with Gasteiger partial charge in [-0.1, -0.05) is 0 Å². The molecule has 0 fully saturated rings. The number of carbonyl (C=O) groups is 1. The Morgan fingerprint density at radius 2 is 2.00 bits per heavy atom. The molecule has 1 aliphatic carbocycles. The highest BCUT2D eigenvalue weighted by Gasteiger charge is 2.28. The van der Waals surface area contributed by atoms with Crippen molar-refractivity contribution in [2.75, 3.05) is 32.6 Å². The summed E-state index contributed by atoms with van der Waals surface area (Å²) >= 11 is 0. The molecule has 1 unspecified atom stereocenters. The zero-order valence-electron chi connectivity index (χ0n) is 14.0. The number of carboxylic acid groups (broad SMARTS) is 1. The van der Waals surface area contributed by atoms with Crippen molar-refractivity contribution in [1.82, 2.24) is 9.47 Å². The van der Waals surface area contributed by atoms with Crippen LogP contribution in [-0.2, 0) is 19.9 Å². The Labute approximate surface area is 142 Å². The molecule has 3 rings (SSSR count). The number of aryl methyl sites for hydroxylation is 1. The summed E-state index contributed by atoms with van der Waals surface area (Å²) in [5.74, 6) is 0.649. The fourth-order valence-electron chi connectivity index (χ4n) is 3.65. The van der Waals surface area contributed by atoms with Gasteiger partial charge in [-0.05, 0) is 56.6 Å². The Kier molecular flexibility index (Phi) is 4.92. The lowest BCUT2D eigenvalue weighted by atomic mass is 10.0. The van der Waals surface area contributed by atoms with Gasteiger partial charge in [-0.15, -0.1) is 12.4 Å². The molecule has 1 N–H and O–H groups in total. The van der Waals surface area contributed by atoms with E-state index >= 15 is 0 Å². The Morgan fingerprint density at radius 1 is 1.30 bits per heavy atom. The van der Waals surface area contributed by atoms with Crippen LogP contribution in [0, 0.1) is 5.92 Å². The summed E-state index contributed by atoms with van der Waals surface area (Å²) in [4.78, 5) is 14.7. The van der Waals surface area contributed by atoms with Crippen LogP contribution in [0.15, 0.2) is 18.2 Å². The molecule has 0 saturated heterocycles. The molecular formula is C17H24ClN3O2. The molecule has 1 aromatic heterocycles. The fraction of sp³-hybridized carbons (Fsp3) is 0.471. The summed E-state index contributed by atoms with van der Waals surface area (Å²) < 4.78 is 2.27. The predicted molar refractivity (Wildman–Crippen MR) is 96.0 cm³/mol. The zero-order valence-corrected chi connectivity index (χ0v) is 14.9. The SMILES string of the molecule is CN(C)CC1Cc2c(n(C)c3ccc(N(C)C(=O)O)cc23)C1.Cl. The van der Waals surface area contributed by atoms with Crippen LogP contribution < -0.4 is 4.90 Å². The van der Waals surface area contributed by atoms with Crippen molar-refractivity contribution in [2.45, 2.75) is 12.8 Å². The van der Waals surface area contributed by atoms with Crippen molar-refractivity contribution in [3.05, 3.63) is 29.5 Å². The largest absolute Gasteiger partial charge is 0.465 e. The maximum Gasteiger partial charge on any atom is 0.411 e. The van der Waals surface area contributed by atoms with Crippen LogP contribution in [0.4, 0.5) is 10.5 Å². The van der Waals surface area contributed by atoms with Gasteiger partial charge in [0.05, 0.1) is 0 Å². The summed E-state index contributed by atoms with van der Waals surface area (Å²) in [6.45, 7) is 1.09. The summed E-state index contributed by atoms with van der Waals surface area (Å²) in [7, 11) is 7.92. The molecule has 2 aromatic rings. The summed E-state index contributed by atoms with van der Waals surface area (Å²) in [5.41, 5.74) is 4.71. The van der Waals surface area contributed by atoms with Crippen LogP contribution in [0.3, 0.4) is 0 Å². The third-order valence-electron chi connectivity index (χ3n) is 4.69. The van der Waals surface area contributed by atoms with Crippen LogP contribution in [-0.4, -0.2) is 48.4 Å². The fourth-order valence-corrected chi connectivity index (χ4v) is 3.65. The van der Waals surface area contributed by atoms with Crippen molar-refractivity contribution in [2.24, 2.45) is 13.0 Å². The third kappa shape index (κ3) is 3.03. The maximum atomic E-state index is 11.2. The first-order chi connectivity index (χ1) is 10.4. The van der Waals surface area contributed by atoms with E-state index < -0.39 is 6.09 Å². The lowest BCUT2D eigenvalue weighted by molar-refractivity contribution is 0.203. The molecule has 0 radical (unpaired) electrons. The molecule has 1 aliphatic rings. The molecule has 23 heavy (non-hydrogen) atoms. The van der Waals surface area contributed by atoms with E-state index in [9.17, 15) is 4.79 Å². The number of anilines is 1. The minimum Gasteiger partial charge on any atom is -0.465 e. The molecule has 1 aromatic carbocycles. The lowest BCUT2D eigenvalue weighted by Crippen LogP contribution is -2.23. The summed E-state index contributed by atoms with van der Waals surface area (Å²) in [6, 6.07) is 5.92. The minimum atomic E-state index is -0.933. The Balaban J connectivity index is 0.00000192. The monoisotopic (exact) mass is 337 g/mol.